The molecule has 2 heterocycles. The molecule has 10 heteroatoms. The summed E-state index contributed by atoms with van der Waals surface area (Å²) in [6.45, 7) is 2.39. The summed E-state index contributed by atoms with van der Waals surface area (Å²) in [6, 6.07) is 3.90. The molecule has 0 atom stereocenters. The van der Waals surface area contributed by atoms with E-state index < -0.39 is 17.4 Å². The number of benzene rings is 1. The molecule has 2 N–H and O–H groups in total. The van der Waals surface area contributed by atoms with Gasteiger partial charge in [0.2, 0.25) is 0 Å². The number of halogens is 3. The number of hydrogen-bond donors (Lipinski definition) is 2. The van der Waals surface area contributed by atoms with Crippen molar-refractivity contribution in [2.24, 2.45) is 0 Å². The lowest BCUT2D eigenvalue weighted by Gasteiger charge is -2.15. The SMILES string of the molecule is CCCCCCCCOc1ccc(Nc2nc(-c3cnc(=O)[nH]c3)cs2)cc1C(F)(F)F. The second-order valence-electron chi connectivity index (χ2n) is 7.30. The largest absolute Gasteiger partial charge is 0.493 e. The van der Waals surface area contributed by atoms with Crippen LogP contribution in [0.1, 0.15) is 51.0 Å². The van der Waals surface area contributed by atoms with Crippen molar-refractivity contribution in [1.29, 1.82) is 0 Å². The first kappa shape index (κ1) is 23.8. The van der Waals surface area contributed by atoms with Crippen molar-refractivity contribution in [3.63, 3.8) is 0 Å². The van der Waals surface area contributed by atoms with Gasteiger partial charge in [-0.05, 0) is 24.6 Å². The van der Waals surface area contributed by atoms with Crippen LogP contribution < -0.4 is 15.7 Å². The molecule has 32 heavy (non-hydrogen) atoms. The van der Waals surface area contributed by atoms with E-state index in [4.69, 9.17) is 4.74 Å². The summed E-state index contributed by atoms with van der Waals surface area (Å²) in [5.41, 5.74) is 0.111. The van der Waals surface area contributed by atoms with E-state index in [1.54, 1.807) is 5.38 Å². The predicted octanol–water partition coefficient (Wildman–Crippen LogP) is 6.40. The van der Waals surface area contributed by atoms with Gasteiger partial charge in [-0.2, -0.15) is 13.2 Å². The van der Waals surface area contributed by atoms with Crippen molar-refractivity contribution in [1.82, 2.24) is 15.0 Å². The Bertz CT molecular complexity index is 1050. The molecule has 3 aromatic rings. The van der Waals surface area contributed by atoms with Crippen LogP contribution in [0.25, 0.3) is 11.3 Å². The third-order valence-corrected chi connectivity index (χ3v) is 5.52. The monoisotopic (exact) mass is 466 g/mol. The molecule has 0 saturated carbocycles. The highest BCUT2D eigenvalue weighted by Gasteiger charge is 2.34. The Morgan fingerprint density at radius 2 is 1.94 bits per heavy atom. The van der Waals surface area contributed by atoms with Crippen molar-refractivity contribution in [3.05, 3.63) is 52.0 Å². The van der Waals surface area contributed by atoms with Gasteiger partial charge in [0.05, 0.1) is 17.9 Å². The third kappa shape index (κ3) is 6.81. The Hall–Kier alpha value is -2.88. The quantitative estimate of drug-likeness (QED) is 0.320. The van der Waals surface area contributed by atoms with Gasteiger partial charge < -0.3 is 15.0 Å². The van der Waals surface area contributed by atoms with Gasteiger partial charge >= 0.3 is 11.9 Å². The normalized spacial score (nSPS) is 11.5. The number of hydrogen-bond acceptors (Lipinski definition) is 6. The van der Waals surface area contributed by atoms with Crippen molar-refractivity contribution < 1.29 is 17.9 Å². The first-order chi connectivity index (χ1) is 15.4. The molecule has 0 aliphatic rings. The van der Waals surface area contributed by atoms with Gasteiger partial charge in [-0.15, -0.1) is 11.3 Å². The molecule has 2 aromatic heterocycles. The van der Waals surface area contributed by atoms with Crippen LogP contribution in [-0.4, -0.2) is 21.6 Å². The van der Waals surface area contributed by atoms with Crippen LogP contribution in [0.5, 0.6) is 5.75 Å². The van der Waals surface area contributed by atoms with Gasteiger partial charge in [0, 0.05) is 29.0 Å². The standard InChI is InChI=1S/C22H25F3N4O2S/c1-2-3-4-5-6-7-10-31-19-9-8-16(11-17(19)22(23,24)25)28-21-29-18(14-32-21)15-12-26-20(30)27-13-15/h8-9,11-14H,2-7,10H2,1H3,(H,28,29)(H,26,27,30). The van der Waals surface area contributed by atoms with Crippen LogP contribution in [0.4, 0.5) is 24.0 Å². The van der Waals surface area contributed by atoms with Gasteiger partial charge in [0.25, 0.3) is 0 Å². The Morgan fingerprint density at radius 3 is 2.66 bits per heavy atom. The fourth-order valence-corrected chi connectivity index (χ4v) is 3.83. The van der Waals surface area contributed by atoms with Gasteiger partial charge in [-0.1, -0.05) is 39.0 Å². The number of anilines is 2. The molecule has 6 nitrogen and oxygen atoms in total. The highest BCUT2D eigenvalue weighted by molar-refractivity contribution is 7.14. The maximum atomic E-state index is 13.6. The number of unbranched alkanes of at least 4 members (excludes halogenated alkanes) is 5. The first-order valence-electron chi connectivity index (χ1n) is 10.5. The van der Waals surface area contributed by atoms with E-state index in [0.717, 1.165) is 38.2 Å². The summed E-state index contributed by atoms with van der Waals surface area (Å²) in [5.74, 6) is -0.171. The van der Waals surface area contributed by atoms with Crippen LogP contribution in [0.3, 0.4) is 0 Å². The van der Waals surface area contributed by atoms with Gasteiger partial charge in [0.1, 0.15) is 5.75 Å². The lowest BCUT2D eigenvalue weighted by atomic mass is 10.1. The molecule has 172 valence electrons. The highest BCUT2D eigenvalue weighted by atomic mass is 32.1. The molecule has 0 radical (unpaired) electrons. The topological polar surface area (TPSA) is 79.9 Å². The lowest BCUT2D eigenvalue weighted by Crippen LogP contribution is -2.10. The van der Waals surface area contributed by atoms with E-state index >= 15 is 0 Å². The van der Waals surface area contributed by atoms with Crippen molar-refractivity contribution in [3.8, 4) is 17.0 Å². The maximum Gasteiger partial charge on any atom is 0.420 e. The van der Waals surface area contributed by atoms with Crippen LogP contribution in [0.2, 0.25) is 0 Å². The van der Waals surface area contributed by atoms with Crippen LogP contribution in [0, 0.1) is 0 Å². The Kier molecular flexibility index (Phi) is 8.26. The summed E-state index contributed by atoms with van der Waals surface area (Å²) in [6.07, 6.45) is 4.53. The fraction of sp³-hybridized carbons (Fsp3) is 0.409. The van der Waals surface area contributed by atoms with Gasteiger partial charge in [-0.3, -0.25) is 0 Å². The summed E-state index contributed by atoms with van der Waals surface area (Å²) < 4.78 is 46.2. The molecule has 0 spiro atoms. The summed E-state index contributed by atoms with van der Waals surface area (Å²) in [4.78, 5) is 21.5. The zero-order valence-corrected chi connectivity index (χ0v) is 18.5. The molecule has 0 aliphatic carbocycles. The number of aromatic amines is 1. The van der Waals surface area contributed by atoms with Crippen LogP contribution in [0.15, 0.2) is 40.8 Å². The Balaban J connectivity index is 1.65. The summed E-state index contributed by atoms with van der Waals surface area (Å²) in [7, 11) is 0. The fourth-order valence-electron chi connectivity index (χ4n) is 3.09. The van der Waals surface area contributed by atoms with Crippen molar-refractivity contribution in [2.45, 2.75) is 51.6 Å². The molecule has 1 aromatic carbocycles. The molecule has 0 saturated heterocycles. The van der Waals surface area contributed by atoms with E-state index in [9.17, 15) is 18.0 Å². The molecule has 3 rings (SSSR count). The zero-order valence-electron chi connectivity index (χ0n) is 17.7. The molecular formula is C22H25F3N4O2S. The minimum atomic E-state index is -4.54. The van der Waals surface area contributed by atoms with Crippen molar-refractivity contribution >= 4 is 22.2 Å². The average molecular weight is 467 g/mol. The molecule has 0 aliphatic heterocycles. The molecule has 0 bridgehead atoms. The van der Waals surface area contributed by atoms with Gasteiger partial charge in [0.15, 0.2) is 5.13 Å². The van der Waals surface area contributed by atoms with E-state index in [0.29, 0.717) is 16.4 Å². The molecular weight excluding hydrogens is 441 g/mol. The number of nitrogens with zero attached hydrogens (tertiary/aromatic N) is 2. The highest BCUT2D eigenvalue weighted by Crippen LogP contribution is 2.39. The molecule has 0 unspecified atom stereocenters. The van der Waals surface area contributed by atoms with Gasteiger partial charge in [-0.25, -0.2) is 14.8 Å². The van der Waals surface area contributed by atoms with E-state index in [2.05, 4.69) is 27.2 Å². The van der Waals surface area contributed by atoms with E-state index in [1.165, 1.54) is 42.3 Å². The average Bonchev–Trinajstić information content (AvgIpc) is 3.22. The van der Waals surface area contributed by atoms with E-state index in [-0.39, 0.29) is 18.0 Å². The summed E-state index contributed by atoms with van der Waals surface area (Å²) >= 11 is 1.23. The van der Waals surface area contributed by atoms with Crippen LogP contribution >= 0.6 is 11.3 Å². The lowest BCUT2D eigenvalue weighted by molar-refractivity contribution is -0.138. The third-order valence-electron chi connectivity index (χ3n) is 4.76. The van der Waals surface area contributed by atoms with E-state index in [1.807, 2.05) is 0 Å². The molecule has 0 amide bonds. The number of alkyl halides is 3. The molecule has 0 fully saturated rings. The number of rotatable bonds is 11. The number of thiazole rings is 1. The number of H-pyrrole nitrogens is 1. The zero-order chi connectivity index (χ0) is 23.0. The second-order valence-corrected chi connectivity index (χ2v) is 8.15. The minimum absolute atomic E-state index is 0.171. The summed E-state index contributed by atoms with van der Waals surface area (Å²) in [5, 5.41) is 5.04. The number of ether oxygens (including phenoxy) is 1. The maximum absolute atomic E-state index is 13.6. The second kappa shape index (κ2) is 11.1. The number of aromatic nitrogens is 3. The number of nitrogens with one attached hydrogen (secondary N) is 2. The Morgan fingerprint density at radius 1 is 1.16 bits per heavy atom. The smallest absolute Gasteiger partial charge is 0.420 e. The minimum Gasteiger partial charge on any atom is -0.493 e. The first-order valence-corrected chi connectivity index (χ1v) is 11.4. The van der Waals surface area contributed by atoms with Crippen molar-refractivity contribution in [2.75, 3.05) is 11.9 Å². The van der Waals surface area contributed by atoms with Crippen LogP contribution in [-0.2, 0) is 6.18 Å². The Labute approximate surface area is 187 Å². The predicted molar refractivity (Wildman–Crippen MR) is 120 cm³/mol.